The normalized spacial score (nSPS) is 18.6. The van der Waals surface area contributed by atoms with E-state index in [1.54, 1.807) is 6.92 Å². The van der Waals surface area contributed by atoms with Crippen LogP contribution in [0.15, 0.2) is 0 Å². The minimum Gasteiger partial charge on any atom is -0.393 e. The minimum absolute atomic E-state index is 0.147. The van der Waals surface area contributed by atoms with E-state index in [0.717, 1.165) is 32.5 Å². The lowest BCUT2D eigenvalue weighted by Crippen LogP contribution is -2.41. The molecule has 1 rings (SSSR count). The first-order valence-corrected chi connectivity index (χ1v) is 7.28. The van der Waals surface area contributed by atoms with Crippen LogP contribution in [0.25, 0.3) is 0 Å². The first kappa shape index (κ1) is 16.4. The topological polar surface area (TPSA) is 59.0 Å². The van der Waals surface area contributed by atoms with E-state index in [2.05, 4.69) is 0 Å². The SMILES string of the molecule is CCOCCOC1CCN(C(=O)CCC(C)O)CC1. The van der Waals surface area contributed by atoms with E-state index in [1.807, 2.05) is 11.8 Å². The molecule has 0 aromatic carbocycles. The van der Waals surface area contributed by atoms with Crippen molar-refractivity contribution in [3.63, 3.8) is 0 Å². The molecule has 0 aliphatic carbocycles. The summed E-state index contributed by atoms with van der Waals surface area (Å²) in [5, 5.41) is 9.18. The molecule has 112 valence electrons. The van der Waals surface area contributed by atoms with Gasteiger partial charge in [0.2, 0.25) is 5.91 Å². The predicted octanol–water partition coefficient (Wildman–Crippen LogP) is 1.19. The Morgan fingerprint density at radius 2 is 2.05 bits per heavy atom. The number of hydrogen-bond donors (Lipinski definition) is 1. The molecule has 0 aromatic heterocycles. The number of rotatable bonds is 8. The second-order valence-corrected chi connectivity index (χ2v) is 5.04. The zero-order valence-corrected chi connectivity index (χ0v) is 12.1. The van der Waals surface area contributed by atoms with E-state index in [-0.39, 0.29) is 12.0 Å². The highest BCUT2D eigenvalue weighted by atomic mass is 16.5. The summed E-state index contributed by atoms with van der Waals surface area (Å²) in [5.74, 6) is 0.147. The Morgan fingerprint density at radius 1 is 1.37 bits per heavy atom. The van der Waals surface area contributed by atoms with Gasteiger partial charge in [0.1, 0.15) is 0 Å². The Labute approximate surface area is 115 Å². The van der Waals surface area contributed by atoms with Gasteiger partial charge in [-0.2, -0.15) is 0 Å². The fourth-order valence-electron chi connectivity index (χ4n) is 2.18. The molecule has 1 N–H and O–H groups in total. The first-order chi connectivity index (χ1) is 9.13. The Bertz CT molecular complexity index is 250. The molecular weight excluding hydrogens is 246 g/mol. The quantitative estimate of drug-likeness (QED) is 0.675. The van der Waals surface area contributed by atoms with Gasteiger partial charge in [-0.3, -0.25) is 4.79 Å². The van der Waals surface area contributed by atoms with Gasteiger partial charge in [0.05, 0.1) is 25.4 Å². The second kappa shape index (κ2) is 9.28. The fraction of sp³-hybridized carbons (Fsp3) is 0.929. The maximum Gasteiger partial charge on any atom is 0.222 e. The van der Waals surface area contributed by atoms with Crippen LogP contribution in [-0.4, -0.2) is 61.0 Å². The van der Waals surface area contributed by atoms with Crippen molar-refractivity contribution >= 4 is 5.91 Å². The van der Waals surface area contributed by atoms with Gasteiger partial charge >= 0.3 is 0 Å². The zero-order valence-electron chi connectivity index (χ0n) is 12.1. The van der Waals surface area contributed by atoms with Crippen LogP contribution < -0.4 is 0 Å². The number of aliphatic hydroxyl groups is 1. The van der Waals surface area contributed by atoms with Crippen LogP contribution in [0.5, 0.6) is 0 Å². The van der Waals surface area contributed by atoms with Crippen LogP contribution in [0, 0.1) is 0 Å². The fourth-order valence-corrected chi connectivity index (χ4v) is 2.18. The molecule has 1 atom stereocenters. The van der Waals surface area contributed by atoms with Gasteiger partial charge < -0.3 is 19.5 Å². The zero-order chi connectivity index (χ0) is 14.1. The standard InChI is InChI=1S/C14H27NO4/c1-3-18-10-11-19-13-6-8-15(9-7-13)14(17)5-4-12(2)16/h12-13,16H,3-11H2,1-2H3. The van der Waals surface area contributed by atoms with Gasteiger partial charge in [-0.05, 0) is 33.1 Å². The van der Waals surface area contributed by atoms with E-state index in [9.17, 15) is 9.90 Å². The Morgan fingerprint density at radius 3 is 2.63 bits per heavy atom. The molecule has 0 aromatic rings. The van der Waals surface area contributed by atoms with Crippen molar-refractivity contribution in [3.8, 4) is 0 Å². The number of nitrogens with zero attached hydrogens (tertiary/aromatic N) is 1. The summed E-state index contributed by atoms with van der Waals surface area (Å²) >= 11 is 0. The summed E-state index contributed by atoms with van der Waals surface area (Å²) in [6.45, 7) is 7.21. The molecule has 0 radical (unpaired) electrons. The smallest absolute Gasteiger partial charge is 0.222 e. The number of amides is 1. The summed E-state index contributed by atoms with van der Waals surface area (Å²) in [7, 11) is 0. The van der Waals surface area contributed by atoms with Gasteiger partial charge in [-0.25, -0.2) is 0 Å². The molecule has 1 amide bonds. The van der Waals surface area contributed by atoms with Crippen LogP contribution in [0.4, 0.5) is 0 Å². The molecular formula is C14H27NO4. The lowest BCUT2D eigenvalue weighted by molar-refractivity contribution is -0.134. The third-order valence-electron chi connectivity index (χ3n) is 3.36. The van der Waals surface area contributed by atoms with E-state index >= 15 is 0 Å². The number of aliphatic hydroxyl groups excluding tert-OH is 1. The van der Waals surface area contributed by atoms with Gasteiger partial charge in [-0.15, -0.1) is 0 Å². The van der Waals surface area contributed by atoms with Crippen LogP contribution in [-0.2, 0) is 14.3 Å². The third kappa shape index (κ3) is 6.89. The summed E-state index contributed by atoms with van der Waals surface area (Å²) in [5.41, 5.74) is 0. The van der Waals surface area contributed by atoms with E-state index in [4.69, 9.17) is 9.47 Å². The molecule has 19 heavy (non-hydrogen) atoms. The van der Waals surface area contributed by atoms with Crippen molar-refractivity contribution in [2.75, 3.05) is 32.9 Å². The number of hydrogen-bond acceptors (Lipinski definition) is 4. The Kier molecular flexibility index (Phi) is 8.02. The second-order valence-electron chi connectivity index (χ2n) is 5.04. The molecule has 5 nitrogen and oxygen atoms in total. The molecule has 1 fully saturated rings. The van der Waals surface area contributed by atoms with Crippen LogP contribution in [0.2, 0.25) is 0 Å². The summed E-state index contributed by atoms with van der Waals surface area (Å²) < 4.78 is 10.9. The average Bonchev–Trinajstić information content (AvgIpc) is 2.41. The van der Waals surface area contributed by atoms with Crippen LogP contribution in [0.3, 0.4) is 0 Å². The molecule has 5 heteroatoms. The van der Waals surface area contributed by atoms with Crippen molar-refractivity contribution < 1.29 is 19.4 Å². The van der Waals surface area contributed by atoms with Crippen molar-refractivity contribution in [2.24, 2.45) is 0 Å². The van der Waals surface area contributed by atoms with Gasteiger partial charge in [0.15, 0.2) is 0 Å². The molecule has 1 heterocycles. The molecule has 0 bridgehead atoms. The minimum atomic E-state index is -0.400. The largest absolute Gasteiger partial charge is 0.393 e. The highest BCUT2D eigenvalue weighted by molar-refractivity contribution is 5.76. The van der Waals surface area contributed by atoms with E-state index in [0.29, 0.717) is 26.1 Å². The molecule has 0 saturated carbocycles. The number of likely N-dealkylation sites (tertiary alicyclic amines) is 1. The first-order valence-electron chi connectivity index (χ1n) is 7.28. The highest BCUT2D eigenvalue weighted by Crippen LogP contribution is 2.15. The van der Waals surface area contributed by atoms with Gasteiger partial charge in [0, 0.05) is 26.1 Å². The van der Waals surface area contributed by atoms with Crippen molar-refractivity contribution in [2.45, 2.75) is 51.7 Å². The van der Waals surface area contributed by atoms with E-state index in [1.165, 1.54) is 0 Å². The third-order valence-corrected chi connectivity index (χ3v) is 3.36. The lowest BCUT2D eigenvalue weighted by Gasteiger charge is -2.32. The molecule has 1 aliphatic heterocycles. The van der Waals surface area contributed by atoms with Crippen LogP contribution in [0.1, 0.15) is 39.5 Å². The lowest BCUT2D eigenvalue weighted by atomic mass is 10.1. The Hall–Kier alpha value is -0.650. The maximum absolute atomic E-state index is 11.9. The highest BCUT2D eigenvalue weighted by Gasteiger charge is 2.22. The van der Waals surface area contributed by atoms with Crippen LogP contribution >= 0.6 is 0 Å². The monoisotopic (exact) mass is 273 g/mol. The van der Waals surface area contributed by atoms with Crippen molar-refractivity contribution in [3.05, 3.63) is 0 Å². The number of carbonyl (C=O) groups is 1. The Balaban J connectivity index is 2.12. The summed E-state index contributed by atoms with van der Waals surface area (Å²) in [6, 6.07) is 0. The predicted molar refractivity (Wildman–Crippen MR) is 73.0 cm³/mol. The van der Waals surface area contributed by atoms with Gasteiger partial charge in [0.25, 0.3) is 0 Å². The number of piperidine rings is 1. The molecule has 1 saturated heterocycles. The summed E-state index contributed by atoms with van der Waals surface area (Å²) in [6.07, 6.45) is 2.63. The van der Waals surface area contributed by atoms with Crippen molar-refractivity contribution in [1.82, 2.24) is 4.90 Å². The molecule has 1 aliphatic rings. The number of ether oxygens (including phenoxy) is 2. The van der Waals surface area contributed by atoms with Crippen molar-refractivity contribution in [1.29, 1.82) is 0 Å². The summed E-state index contributed by atoms with van der Waals surface area (Å²) in [4.78, 5) is 13.7. The van der Waals surface area contributed by atoms with Gasteiger partial charge in [-0.1, -0.05) is 0 Å². The maximum atomic E-state index is 11.9. The molecule has 0 spiro atoms. The van der Waals surface area contributed by atoms with E-state index < -0.39 is 6.10 Å². The number of carbonyl (C=O) groups excluding carboxylic acids is 1. The molecule has 1 unspecified atom stereocenters. The average molecular weight is 273 g/mol.